The van der Waals surface area contributed by atoms with Gasteiger partial charge >= 0.3 is 0 Å². The molecule has 3 nitrogen and oxygen atoms in total. The Bertz CT molecular complexity index is 465. The number of aromatic nitrogens is 2. The van der Waals surface area contributed by atoms with Gasteiger partial charge in [-0.25, -0.2) is 4.68 Å². The summed E-state index contributed by atoms with van der Waals surface area (Å²) < 4.78 is 1.80. The first-order chi connectivity index (χ1) is 7.81. The molecule has 0 saturated heterocycles. The quantitative estimate of drug-likeness (QED) is 0.883. The summed E-state index contributed by atoms with van der Waals surface area (Å²) in [5, 5.41) is 8.26. The van der Waals surface area contributed by atoms with E-state index in [1.165, 1.54) is 0 Å². The molecule has 4 heteroatoms. The Balaban J connectivity index is 2.22. The van der Waals surface area contributed by atoms with E-state index in [0.717, 1.165) is 24.3 Å². The van der Waals surface area contributed by atoms with E-state index in [4.69, 9.17) is 11.6 Å². The first-order valence-electron chi connectivity index (χ1n) is 5.30. The summed E-state index contributed by atoms with van der Waals surface area (Å²) in [5.41, 5.74) is 2.06. The van der Waals surface area contributed by atoms with Gasteiger partial charge in [0.25, 0.3) is 0 Å². The number of hydrogen-bond acceptors (Lipinski definition) is 2. The minimum atomic E-state index is 0.709. The summed E-state index contributed by atoms with van der Waals surface area (Å²) in [6.45, 7) is 3.87. The minimum absolute atomic E-state index is 0.709. The van der Waals surface area contributed by atoms with E-state index >= 15 is 0 Å². The van der Waals surface area contributed by atoms with Crippen molar-refractivity contribution >= 4 is 11.6 Å². The monoisotopic (exact) mass is 235 g/mol. The number of hydrogen-bond donors (Lipinski definition) is 1. The lowest BCUT2D eigenvalue weighted by Gasteiger charge is -2.02. The van der Waals surface area contributed by atoms with Gasteiger partial charge in [0.2, 0.25) is 0 Å². The van der Waals surface area contributed by atoms with E-state index in [1.807, 2.05) is 36.7 Å². The molecule has 0 aliphatic heterocycles. The van der Waals surface area contributed by atoms with Crippen LogP contribution in [-0.4, -0.2) is 16.3 Å². The molecule has 0 unspecified atom stereocenters. The zero-order valence-electron chi connectivity index (χ0n) is 9.15. The van der Waals surface area contributed by atoms with E-state index < -0.39 is 0 Å². The lowest BCUT2D eigenvalue weighted by atomic mass is 10.3. The molecule has 0 fully saturated rings. The largest absolute Gasteiger partial charge is 0.313 e. The van der Waals surface area contributed by atoms with Crippen molar-refractivity contribution in [3.05, 3.63) is 47.2 Å². The van der Waals surface area contributed by atoms with E-state index in [2.05, 4.69) is 17.3 Å². The predicted molar refractivity (Wildman–Crippen MR) is 66.0 cm³/mol. The molecule has 1 N–H and O–H groups in total. The van der Waals surface area contributed by atoms with Gasteiger partial charge in [-0.1, -0.05) is 30.7 Å². The molecule has 0 spiro atoms. The second kappa shape index (κ2) is 5.14. The highest BCUT2D eigenvalue weighted by Crippen LogP contribution is 2.19. The standard InChI is InChI=1S/C12H14ClN3/c1-2-14-7-10-8-15-16(9-10)12-6-4-3-5-11(12)13/h3-6,8-9,14H,2,7H2,1H3. The molecule has 2 aromatic rings. The molecule has 0 saturated carbocycles. The molecule has 1 aromatic carbocycles. The van der Waals surface area contributed by atoms with Crippen LogP contribution in [-0.2, 0) is 6.54 Å². The van der Waals surface area contributed by atoms with Crippen LogP contribution >= 0.6 is 11.6 Å². The molecule has 1 heterocycles. The zero-order chi connectivity index (χ0) is 11.4. The number of nitrogens with one attached hydrogen (secondary N) is 1. The van der Waals surface area contributed by atoms with Crippen LogP contribution in [0.5, 0.6) is 0 Å². The molecular formula is C12H14ClN3. The highest BCUT2D eigenvalue weighted by Gasteiger charge is 2.03. The first kappa shape index (κ1) is 11.2. The highest BCUT2D eigenvalue weighted by molar-refractivity contribution is 6.32. The third-order valence-corrected chi connectivity index (χ3v) is 2.63. The minimum Gasteiger partial charge on any atom is -0.313 e. The fourth-order valence-corrected chi connectivity index (χ4v) is 1.71. The third-order valence-electron chi connectivity index (χ3n) is 2.31. The molecule has 2 rings (SSSR count). The van der Waals surface area contributed by atoms with Gasteiger partial charge in [-0.15, -0.1) is 0 Å². The van der Waals surface area contributed by atoms with Gasteiger partial charge < -0.3 is 5.32 Å². The fourth-order valence-electron chi connectivity index (χ4n) is 1.49. The predicted octanol–water partition coefficient (Wildman–Crippen LogP) is 2.64. The van der Waals surface area contributed by atoms with Crippen LogP contribution in [0, 0.1) is 0 Å². The number of nitrogens with zero attached hydrogens (tertiary/aromatic N) is 2. The summed E-state index contributed by atoms with van der Waals surface area (Å²) in [7, 11) is 0. The van der Waals surface area contributed by atoms with Crippen molar-refractivity contribution in [2.75, 3.05) is 6.54 Å². The average molecular weight is 236 g/mol. The van der Waals surface area contributed by atoms with Gasteiger partial charge in [0, 0.05) is 18.3 Å². The summed E-state index contributed by atoms with van der Waals surface area (Å²) in [6.07, 6.45) is 3.84. The SMILES string of the molecule is CCNCc1cnn(-c2ccccc2Cl)c1. The first-order valence-corrected chi connectivity index (χ1v) is 5.68. The Morgan fingerprint density at radius 2 is 2.19 bits per heavy atom. The van der Waals surface area contributed by atoms with Crippen LogP contribution in [0.4, 0.5) is 0 Å². The normalized spacial score (nSPS) is 10.6. The van der Waals surface area contributed by atoms with Crippen LogP contribution in [0.15, 0.2) is 36.7 Å². The van der Waals surface area contributed by atoms with Gasteiger partial charge in [-0.2, -0.15) is 5.10 Å². The van der Waals surface area contributed by atoms with Crippen molar-refractivity contribution in [3.8, 4) is 5.69 Å². The number of halogens is 1. The summed E-state index contributed by atoms with van der Waals surface area (Å²) in [6, 6.07) is 7.68. The van der Waals surface area contributed by atoms with Crippen LogP contribution in [0.1, 0.15) is 12.5 Å². The van der Waals surface area contributed by atoms with E-state index in [1.54, 1.807) is 4.68 Å². The molecule has 0 atom stereocenters. The lowest BCUT2D eigenvalue weighted by molar-refractivity contribution is 0.726. The summed E-state index contributed by atoms with van der Waals surface area (Å²) in [5.74, 6) is 0. The molecule has 1 aromatic heterocycles. The summed E-state index contributed by atoms with van der Waals surface area (Å²) in [4.78, 5) is 0. The maximum Gasteiger partial charge on any atom is 0.0831 e. The Hall–Kier alpha value is -1.32. The Labute approximate surface area is 100 Å². The molecule has 0 amide bonds. The molecule has 0 aliphatic rings. The number of benzene rings is 1. The third kappa shape index (κ3) is 2.43. The van der Waals surface area contributed by atoms with E-state index in [0.29, 0.717) is 5.02 Å². The van der Waals surface area contributed by atoms with Gasteiger partial charge in [0.1, 0.15) is 0 Å². The summed E-state index contributed by atoms with van der Waals surface area (Å²) >= 11 is 6.10. The Morgan fingerprint density at radius 3 is 2.94 bits per heavy atom. The van der Waals surface area contributed by atoms with Crippen molar-refractivity contribution < 1.29 is 0 Å². The van der Waals surface area contributed by atoms with Crippen LogP contribution < -0.4 is 5.32 Å². The molecular weight excluding hydrogens is 222 g/mol. The van der Waals surface area contributed by atoms with Crippen LogP contribution in [0.2, 0.25) is 5.02 Å². The van der Waals surface area contributed by atoms with Gasteiger partial charge in [-0.3, -0.25) is 0 Å². The van der Waals surface area contributed by atoms with Crippen LogP contribution in [0.3, 0.4) is 0 Å². The molecule has 84 valence electrons. The van der Waals surface area contributed by atoms with Crippen molar-refractivity contribution in [2.45, 2.75) is 13.5 Å². The van der Waals surface area contributed by atoms with Gasteiger partial charge in [0.15, 0.2) is 0 Å². The average Bonchev–Trinajstić information content (AvgIpc) is 2.75. The van der Waals surface area contributed by atoms with Crippen molar-refractivity contribution in [1.82, 2.24) is 15.1 Å². The zero-order valence-corrected chi connectivity index (χ0v) is 9.91. The molecule has 0 radical (unpaired) electrons. The Morgan fingerprint density at radius 1 is 1.38 bits per heavy atom. The second-order valence-electron chi connectivity index (χ2n) is 3.52. The topological polar surface area (TPSA) is 29.9 Å². The fraction of sp³-hybridized carbons (Fsp3) is 0.250. The van der Waals surface area contributed by atoms with Crippen molar-refractivity contribution in [3.63, 3.8) is 0 Å². The number of para-hydroxylation sites is 1. The van der Waals surface area contributed by atoms with E-state index in [9.17, 15) is 0 Å². The maximum absolute atomic E-state index is 6.10. The van der Waals surface area contributed by atoms with E-state index in [-0.39, 0.29) is 0 Å². The van der Waals surface area contributed by atoms with Gasteiger partial charge in [-0.05, 0) is 18.7 Å². The molecule has 16 heavy (non-hydrogen) atoms. The van der Waals surface area contributed by atoms with Crippen molar-refractivity contribution in [2.24, 2.45) is 0 Å². The smallest absolute Gasteiger partial charge is 0.0831 e. The second-order valence-corrected chi connectivity index (χ2v) is 3.93. The lowest BCUT2D eigenvalue weighted by Crippen LogP contribution is -2.10. The van der Waals surface area contributed by atoms with Gasteiger partial charge in [0.05, 0.1) is 16.9 Å². The number of rotatable bonds is 4. The molecule has 0 bridgehead atoms. The van der Waals surface area contributed by atoms with Crippen LogP contribution in [0.25, 0.3) is 5.69 Å². The van der Waals surface area contributed by atoms with Crippen molar-refractivity contribution in [1.29, 1.82) is 0 Å². The maximum atomic E-state index is 6.10. The highest BCUT2D eigenvalue weighted by atomic mass is 35.5. The Kier molecular flexibility index (Phi) is 3.59. The molecule has 0 aliphatic carbocycles.